The Morgan fingerprint density at radius 1 is 1.24 bits per heavy atom. The van der Waals surface area contributed by atoms with E-state index < -0.39 is 0 Å². The molecule has 4 heterocycles. The van der Waals surface area contributed by atoms with E-state index in [1.54, 1.807) is 0 Å². The molecule has 0 spiro atoms. The number of hydrogen-bond acceptors (Lipinski definition) is 4. The third kappa shape index (κ3) is 4.62. The second-order valence-electron chi connectivity index (χ2n) is 8.36. The molecule has 2 aromatic heterocycles. The Morgan fingerprint density at radius 2 is 2.17 bits per heavy atom. The van der Waals surface area contributed by atoms with Gasteiger partial charge in [0, 0.05) is 58.5 Å². The number of imidazole rings is 1. The average molecular weight is 399 g/mol. The third-order valence-electron chi connectivity index (χ3n) is 6.38. The molecule has 2 aliphatic rings. The fourth-order valence-corrected chi connectivity index (χ4v) is 4.60. The summed E-state index contributed by atoms with van der Waals surface area (Å²) in [6, 6.07) is 0.441. The summed E-state index contributed by atoms with van der Waals surface area (Å²) < 4.78 is 4.59. The van der Waals surface area contributed by atoms with Gasteiger partial charge in [-0.15, -0.1) is 10.2 Å². The number of aryl methyl sites for hydroxylation is 2. The van der Waals surface area contributed by atoms with Crippen LogP contribution >= 0.6 is 0 Å². The highest BCUT2D eigenvalue weighted by atomic mass is 15.3. The molecule has 2 atom stereocenters. The zero-order chi connectivity index (χ0) is 20.1. The molecule has 0 aromatic carbocycles. The molecular weight excluding hydrogens is 364 g/mol. The smallest absolute Gasteiger partial charge is 0.193 e. The predicted octanol–water partition coefficient (Wildman–Crippen LogP) is 2.29. The minimum Gasteiger partial charge on any atom is -0.356 e. The number of rotatable bonds is 5. The zero-order valence-electron chi connectivity index (χ0n) is 17.8. The Morgan fingerprint density at radius 3 is 3.00 bits per heavy atom. The van der Waals surface area contributed by atoms with E-state index in [0.717, 1.165) is 63.6 Å². The molecule has 2 aromatic rings. The van der Waals surface area contributed by atoms with Crippen LogP contribution in [0.1, 0.15) is 56.7 Å². The lowest BCUT2D eigenvalue weighted by atomic mass is 9.93. The van der Waals surface area contributed by atoms with Crippen LogP contribution in [0.25, 0.3) is 0 Å². The van der Waals surface area contributed by atoms with Gasteiger partial charge < -0.3 is 19.4 Å². The number of guanidine groups is 1. The standard InChI is InChI=1S/C21H34N8/c1-17-9-13-27(15-18(17)28-14-11-23-16-28)21(22-2)24-10-6-8-20-26-25-19-7-4-3-5-12-29(19)20/h11,14,16-18H,3-10,12-13,15H2,1-2H3,(H,22,24). The fourth-order valence-electron chi connectivity index (χ4n) is 4.60. The molecule has 1 N–H and O–H groups in total. The minimum atomic E-state index is 0.441. The maximum atomic E-state index is 4.54. The molecule has 1 saturated heterocycles. The first-order valence-electron chi connectivity index (χ1n) is 11.1. The third-order valence-corrected chi connectivity index (χ3v) is 6.38. The van der Waals surface area contributed by atoms with Gasteiger partial charge in [0.25, 0.3) is 0 Å². The summed E-state index contributed by atoms with van der Waals surface area (Å²) in [7, 11) is 1.88. The van der Waals surface area contributed by atoms with Crippen molar-refractivity contribution in [3.05, 3.63) is 30.4 Å². The molecule has 0 bridgehead atoms. The Hall–Kier alpha value is -2.38. The van der Waals surface area contributed by atoms with Crippen LogP contribution in [0.2, 0.25) is 0 Å². The van der Waals surface area contributed by atoms with Crippen molar-refractivity contribution in [3.63, 3.8) is 0 Å². The normalized spacial score (nSPS) is 23.0. The molecule has 4 rings (SSSR count). The second-order valence-corrected chi connectivity index (χ2v) is 8.36. The van der Waals surface area contributed by atoms with Crippen molar-refractivity contribution in [1.82, 2.24) is 34.5 Å². The lowest BCUT2D eigenvalue weighted by Gasteiger charge is -2.39. The van der Waals surface area contributed by atoms with Gasteiger partial charge in [0.15, 0.2) is 5.96 Å². The van der Waals surface area contributed by atoms with Crippen LogP contribution < -0.4 is 5.32 Å². The lowest BCUT2D eigenvalue weighted by Crippen LogP contribution is -2.49. The van der Waals surface area contributed by atoms with Gasteiger partial charge in [0.2, 0.25) is 0 Å². The van der Waals surface area contributed by atoms with Crippen molar-refractivity contribution in [2.45, 2.75) is 64.5 Å². The SMILES string of the molecule is CN=C(NCCCc1nnc2n1CCCCC2)N1CCC(C)C(n2ccnc2)C1. The maximum absolute atomic E-state index is 4.54. The number of likely N-dealkylation sites (tertiary alicyclic amines) is 1. The predicted molar refractivity (Wildman–Crippen MR) is 114 cm³/mol. The largest absolute Gasteiger partial charge is 0.356 e. The molecule has 8 nitrogen and oxygen atoms in total. The molecule has 2 unspecified atom stereocenters. The van der Waals surface area contributed by atoms with Crippen molar-refractivity contribution in [3.8, 4) is 0 Å². The van der Waals surface area contributed by atoms with E-state index in [1.807, 2.05) is 19.6 Å². The summed E-state index contributed by atoms with van der Waals surface area (Å²) in [5.41, 5.74) is 0. The maximum Gasteiger partial charge on any atom is 0.193 e. The Kier molecular flexibility index (Phi) is 6.46. The van der Waals surface area contributed by atoms with Gasteiger partial charge in [-0.25, -0.2) is 4.98 Å². The van der Waals surface area contributed by atoms with Crippen molar-refractivity contribution in [1.29, 1.82) is 0 Å². The van der Waals surface area contributed by atoms with Gasteiger partial charge in [-0.3, -0.25) is 4.99 Å². The highest BCUT2D eigenvalue weighted by molar-refractivity contribution is 5.80. The molecule has 8 heteroatoms. The summed E-state index contributed by atoms with van der Waals surface area (Å²) >= 11 is 0. The van der Waals surface area contributed by atoms with Gasteiger partial charge in [-0.1, -0.05) is 13.3 Å². The van der Waals surface area contributed by atoms with Gasteiger partial charge >= 0.3 is 0 Å². The highest BCUT2D eigenvalue weighted by Crippen LogP contribution is 2.27. The van der Waals surface area contributed by atoms with Crippen LogP contribution in [0.3, 0.4) is 0 Å². The van der Waals surface area contributed by atoms with Crippen LogP contribution in [0.5, 0.6) is 0 Å². The van der Waals surface area contributed by atoms with Crippen molar-refractivity contribution in [2.75, 3.05) is 26.7 Å². The number of aromatic nitrogens is 5. The van der Waals surface area contributed by atoms with E-state index in [-0.39, 0.29) is 0 Å². The zero-order valence-corrected chi connectivity index (χ0v) is 17.8. The molecule has 1 fully saturated rings. The highest BCUT2D eigenvalue weighted by Gasteiger charge is 2.28. The van der Waals surface area contributed by atoms with E-state index in [9.17, 15) is 0 Å². The van der Waals surface area contributed by atoms with Crippen LogP contribution in [0, 0.1) is 5.92 Å². The summed E-state index contributed by atoms with van der Waals surface area (Å²) in [5, 5.41) is 12.4. The molecule has 0 radical (unpaired) electrons. The van der Waals surface area contributed by atoms with Crippen LogP contribution in [-0.2, 0) is 19.4 Å². The fraction of sp³-hybridized carbons (Fsp3) is 0.714. The van der Waals surface area contributed by atoms with Crippen LogP contribution in [-0.4, -0.2) is 61.9 Å². The average Bonchev–Trinajstić information content (AvgIpc) is 3.34. The molecule has 0 amide bonds. The van der Waals surface area contributed by atoms with Gasteiger partial charge in [-0.05, 0) is 31.6 Å². The number of piperidine rings is 1. The number of hydrogen-bond donors (Lipinski definition) is 1. The quantitative estimate of drug-likeness (QED) is 0.475. The van der Waals surface area contributed by atoms with E-state index >= 15 is 0 Å². The van der Waals surface area contributed by atoms with Crippen LogP contribution in [0.15, 0.2) is 23.7 Å². The summed E-state index contributed by atoms with van der Waals surface area (Å²) in [6.07, 6.45) is 13.9. The van der Waals surface area contributed by atoms with Crippen molar-refractivity contribution >= 4 is 5.96 Å². The minimum absolute atomic E-state index is 0.441. The summed E-state index contributed by atoms with van der Waals surface area (Å²) in [6.45, 7) is 6.32. The van der Waals surface area contributed by atoms with Gasteiger partial charge in [0.05, 0.1) is 12.4 Å². The molecular formula is C21H34N8. The van der Waals surface area contributed by atoms with Crippen molar-refractivity contribution in [2.24, 2.45) is 10.9 Å². The van der Waals surface area contributed by atoms with E-state index in [2.05, 4.69) is 52.6 Å². The second kappa shape index (κ2) is 9.41. The number of nitrogens with zero attached hydrogens (tertiary/aromatic N) is 7. The molecule has 158 valence electrons. The molecule has 0 saturated carbocycles. The van der Waals surface area contributed by atoms with Crippen molar-refractivity contribution < 1.29 is 0 Å². The topological polar surface area (TPSA) is 76.2 Å². The number of fused-ring (bicyclic) bond motifs is 1. The molecule has 2 aliphatic heterocycles. The molecule has 29 heavy (non-hydrogen) atoms. The Bertz CT molecular complexity index is 794. The van der Waals surface area contributed by atoms with E-state index in [4.69, 9.17) is 0 Å². The Balaban J connectivity index is 1.28. The van der Waals surface area contributed by atoms with E-state index in [0.29, 0.717) is 12.0 Å². The van der Waals surface area contributed by atoms with Gasteiger partial charge in [0.1, 0.15) is 11.6 Å². The monoisotopic (exact) mass is 398 g/mol. The van der Waals surface area contributed by atoms with E-state index in [1.165, 1.54) is 25.1 Å². The first-order valence-corrected chi connectivity index (χ1v) is 11.1. The Labute approximate surface area is 173 Å². The first kappa shape index (κ1) is 19.9. The molecule has 0 aliphatic carbocycles. The summed E-state index contributed by atoms with van der Waals surface area (Å²) in [5.74, 6) is 3.96. The number of nitrogens with one attached hydrogen (secondary N) is 1. The van der Waals surface area contributed by atoms with Gasteiger partial charge in [-0.2, -0.15) is 0 Å². The first-order chi connectivity index (χ1) is 14.3. The van der Waals surface area contributed by atoms with Crippen LogP contribution in [0.4, 0.5) is 0 Å². The number of aliphatic imine (C=N–C) groups is 1. The summed E-state index contributed by atoms with van der Waals surface area (Å²) in [4.78, 5) is 11.2. The lowest BCUT2D eigenvalue weighted by molar-refractivity contribution is 0.189.